The van der Waals surface area contributed by atoms with Crippen molar-refractivity contribution >= 4 is 128 Å². The molecule has 0 spiro atoms. The Balaban J connectivity index is 4.96. The van der Waals surface area contributed by atoms with E-state index in [1.165, 1.54) is 0 Å². The number of halogens is 11. The second-order valence-corrected chi connectivity index (χ2v) is 12.1. The zero-order valence-electron chi connectivity index (χ0n) is 10.3. The van der Waals surface area contributed by atoms with E-state index >= 15 is 0 Å². The van der Waals surface area contributed by atoms with Crippen LogP contribution in [0, 0.1) is 0 Å². The summed E-state index contributed by atoms with van der Waals surface area (Å²) >= 11 is 65.4. The van der Waals surface area contributed by atoms with Gasteiger partial charge in [-0.15, -0.1) is 46.4 Å². The van der Waals surface area contributed by atoms with Crippen LogP contribution in [0.25, 0.3) is 0 Å². The van der Waals surface area contributed by atoms with Crippen LogP contribution >= 0.6 is 128 Å². The lowest BCUT2D eigenvalue weighted by Crippen LogP contribution is -2.50. The zero-order valence-corrected chi connectivity index (χ0v) is 18.6. The van der Waals surface area contributed by atoms with Crippen molar-refractivity contribution < 1.29 is 0 Å². The molecule has 1 atom stereocenters. The van der Waals surface area contributed by atoms with Gasteiger partial charge < -0.3 is 0 Å². The highest BCUT2D eigenvalue weighted by Gasteiger charge is 2.59. The standard InChI is InChI=1S/C10H11Cl11/c11-4-2-1-3-7(13,14)5-8(15,16)6(12)9(17,18)10(19,20)21/h6H,1-5H2. The molecule has 128 valence electrons. The first kappa shape index (κ1) is 24.2. The molecule has 0 radical (unpaired) electrons. The van der Waals surface area contributed by atoms with Gasteiger partial charge in [-0.1, -0.05) is 81.2 Å². The van der Waals surface area contributed by atoms with Gasteiger partial charge in [0.05, 0.1) is 0 Å². The Morgan fingerprint density at radius 1 is 0.762 bits per heavy atom. The SMILES string of the molecule is ClCCCCC(Cl)(Cl)CC(Cl)(Cl)C(Cl)C(Cl)(Cl)C(Cl)(Cl)Cl. The van der Waals surface area contributed by atoms with Crippen molar-refractivity contribution in [3.63, 3.8) is 0 Å². The summed E-state index contributed by atoms with van der Waals surface area (Å²) in [5, 5.41) is -1.35. The van der Waals surface area contributed by atoms with Gasteiger partial charge in [0, 0.05) is 12.3 Å². The highest BCUT2D eigenvalue weighted by atomic mass is 35.6. The molecule has 0 rings (SSSR count). The summed E-state index contributed by atoms with van der Waals surface area (Å²) in [5.41, 5.74) is 0. The molecule has 0 aromatic rings. The first-order chi connectivity index (χ1) is 9.17. The van der Waals surface area contributed by atoms with Gasteiger partial charge in [-0.3, -0.25) is 0 Å². The topological polar surface area (TPSA) is 0 Å². The Kier molecular flexibility index (Phi) is 10.6. The highest BCUT2D eigenvalue weighted by Crippen LogP contribution is 2.56. The molecule has 0 fully saturated rings. The Hall–Kier alpha value is 3.19. The summed E-state index contributed by atoms with van der Waals surface area (Å²) in [7, 11) is 0. The zero-order chi connectivity index (χ0) is 17.1. The van der Waals surface area contributed by atoms with E-state index < -0.39 is 22.2 Å². The van der Waals surface area contributed by atoms with Crippen molar-refractivity contribution in [1.29, 1.82) is 0 Å². The van der Waals surface area contributed by atoms with E-state index in [0.29, 0.717) is 18.7 Å². The Morgan fingerprint density at radius 3 is 1.62 bits per heavy atom. The molecule has 0 heterocycles. The molecular formula is C10H11Cl11. The van der Waals surface area contributed by atoms with Gasteiger partial charge in [-0.2, -0.15) is 0 Å². The molecule has 0 aromatic heterocycles. The molecule has 0 aliphatic carbocycles. The summed E-state index contributed by atoms with van der Waals surface area (Å²) in [5.74, 6) is 0.495. The second kappa shape index (κ2) is 9.22. The monoisotopic (exact) mass is 516 g/mol. The van der Waals surface area contributed by atoms with Crippen LogP contribution in [-0.2, 0) is 0 Å². The molecule has 21 heavy (non-hydrogen) atoms. The quantitative estimate of drug-likeness (QED) is 0.223. The first-order valence-electron chi connectivity index (χ1n) is 5.57. The highest BCUT2D eigenvalue weighted by molar-refractivity contribution is 6.77. The molecule has 0 aromatic carbocycles. The van der Waals surface area contributed by atoms with Gasteiger partial charge in [-0.05, 0) is 19.3 Å². The molecule has 0 N–H and O–H groups in total. The normalized spacial score (nSPS) is 16.1. The van der Waals surface area contributed by atoms with Crippen molar-refractivity contribution in [2.45, 2.75) is 47.9 Å². The van der Waals surface area contributed by atoms with Crippen LogP contribution in [0.4, 0.5) is 0 Å². The summed E-state index contributed by atoms with van der Waals surface area (Å²) in [4.78, 5) is 0. The molecular weight excluding hydrogens is 510 g/mol. The second-order valence-electron chi connectivity index (χ2n) is 4.42. The third-order valence-corrected chi connectivity index (χ3v) is 7.73. The van der Waals surface area contributed by atoms with Gasteiger partial charge in [0.1, 0.15) is 14.0 Å². The maximum Gasteiger partial charge on any atom is 0.224 e. The van der Waals surface area contributed by atoms with Gasteiger partial charge in [0.25, 0.3) is 0 Å². The predicted molar refractivity (Wildman–Crippen MR) is 102 cm³/mol. The van der Waals surface area contributed by atoms with Crippen LogP contribution < -0.4 is 0 Å². The summed E-state index contributed by atoms with van der Waals surface area (Å²) < 4.78 is -7.14. The van der Waals surface area contributed by atoms with Crippen molar-refractivity contribution in [3.8, 4) is 0 Å². The maximum atomic E-state index is 6.17. The van der Waals surface area contributed by atoms with Crippen molar-refractivity contribution in [2.24, 2.45) is 0 Å². The number of alkyl halides is 11. The lowest BCUT2D eigenvalue weighted by Gasteiger charge is -2.39. The lowest BCUT2D eigenvalue weighted by atomic mass is 10.1. The number of hydrogen-bond acceptors (Lipinski definition) is 0. The van der Waals surface area contributed by atoms with Crippen LogP contribution in [0.5, 0.6) is 0 Å². The lowest BCUT2D eigenvalue weighted by molar-refractivity contribution is 0.523. The van der Waals surface area contributed by atoms with Crippen LogP contribution in [0.3, 0.4) is 0 Å². The molecule has 11 heteroatoms. The fourth-order valence-corrected chi connectivity index (χ4v) is 4.68. The van der Waals surface area contributed by atoms with Crippen LogP contribution in [-0.4, -0.2) is 28.0 Å². The largest absolute Gasteiger partial charge is 0.224 e. The predicted octanol–water partition coefficient (Wildman–Crippen LogP) is 8.28. The van der Waals surface area contributed by atoms with Crippen molar-refractivity contribution in [2.75, 3.05) is 5.88 Å². The van der Waals surface area contributed by atoms with Gasteiger partial charge >= 0.3 is 0 Å². The van der Waals surface area contributed by atoms with E-state index in [1.54, 1.807) is 0 Å². The third kappa shape index (κ3) is 7.95. The Bertz CT molecular complexity index is 319. The van der Waals surface area contributed by atoms with E-state index in [0.717, 1.165) is 6.42 Å². The molecule has 0 bridgehead atoms. The number of unbranched alkanes of at least 4 members (excludes halogenated alkanes) is 1. The van der Waals surface area contributed by atoms with Crippen LogP contribution in [0.15, 0.2) is 0 Å². The van der Waals surface area contributed by atoms with Gasteiger partial charge in [-0.25, -0.2) is 0 Å². The average Bonchev–Trinajstić information content (AvgIpc) is 2.25. The molecule has 0 nitrogen and oxygen atoms in total. The molecule has 1 unspecified atom stereocenters. The van der Waals surface area contributed by atoms with E-state index in [9.17, 15) is 0 Å². The Labute approximate surface area is 179 Å². The van der Waals surface area contributed by atoms with Crippen LogP contribution in [0.1, 0.15) is 25.7 Å². The average molecular weight is 521 g/mol. The van der Waals surface area contributed by atoms with Gasteiger partial charge in [0.2, 0.25) is 3.79 Å². The molecule has 0 amide bonds. The number of hydrogen-bond donors (Lipinski definition) is 0. The van der Waals surface area contributed by atoms with Crippen molar-refractivity contribution in [1.82, 2.24) is 0 Å². The van der Waals surface area contributed by atoms with E-state index in [4.69, 9.17) is 128 Å². The van der Waals surface area contributed by atoms with Gasteiger partial charge in [0.15, 0.2) is 4.33 Å². The first-order valence-corrected chi connectivity index (χ1v) is 9.95. The molecule has 0 saturated heterocycles. The summed E-state index contributed by atoms with van der Waals surface area (Å²) in [6, 6.07) is 0. The van der Waals surface area contributed by atoms with E-state index in [-0.39, 0.29) is 6.42 Å². The minimum atomic E-state index is -2.11. The minimum absolute atomic E-state index is 0.134. The molecule has 0 saturated carbocycles. The van der Waals surface area contributed by atoms with E-state index in [1.807, 2.05) is 0 Å². The summed E-state index contributed by atoms with van der Waals surface area (Å²) in [6.07, 6.45) is 1.70. The molecule has 0 aliphatic rings. The summed E-state index contributed by atoms with van der Waals surface area (Å²) in [6.45, 7) is 0. The molecule has 0 aliphatic heterocycles. The minimum Gasteiger partial charge on any atom is -0.127 e. The van der Waals surface area contributed by atoms with Crippen LogP contribution in [0.2, 0.25) is 0 Å². The number of rotatable bonds is 8. The fraction of sp³-hybridized carbons (Fsp3) is 1.00. The van der Waals surface area contributed by atoms with E-state index in [2.05, 4.69) is 0 Å². The van der Waals surface area contributed by atoms with Crippen molar-refractivity contribution in [3.05, 3.63) is 0 Å². The Morgan fingerprint density at radius 2 is 1.24 bits per heavy atom. The smallest absolute Gasteiger partial charge is 0.127 e. The maximum absolute atomic E-state index is 6.17. The third-order valence-electron chi connectivity index (χ3n) is 2.49. The fourth-order valence-electron chi connectivity index (χ4n) is 1.41.